The molecule has 0 spiro atoms. The number of aromatic nitrogens is 1. The second-order valence-electron chi connectivity index (χ2n) is 5.00. The lowest BCUT2D eigenvalue weighted by molar-refractivity contribution is 0.0184. The summed E-state index contributed by atoms with van der Waals surface area (Å²) >= 11 is 0. The molecule has 1 saturated heterocycles. The Morgan fingerprint density at radius 2 is 2.25 bits per heavy atom. The van der Waals surface area contributed by atoms with Gasteiger partial charge in [0.05, 0.1) is 6.10 Å². The van der Waals surface area contributed by atoms with Crippen molar-refractivity contribution in [3.8, 4) is 0 Å². The van der Waals surface area contributed by atoms with Gasteiger partial charge >= 0.3 is 0 Å². The summed E-state index contributed by atoms with van der Waals surface area (Å²) in [5.74, 6) is 0.740. The fourth-order valence-electron chi connectivity index (χ4n) is 2.46. The zero-order chi connectivity index (χ0) is 14.8. The number of hydrogen-bond acceptors (Lipinski definition) is 5. The molecular formula is C13H21N3O3S. The summed E-state index contributed by atoms with van der Waals surface area (Å²) in [6, 6.07) is 3.21. The minimum absolute atomic E-state index is 0.0618. The number of sulfonamides is 1. The molecule has 2 atom stereocenters. The molecule has 0 saturated carbocycles. The third-order valence-corrected chi connectivity index (χ3v) is 5.68. The van der Waals surface area contributed by atoms with E-state index in [2.05, 4.69) is 17.2 Å². The Bertz CT molecular complexity index is 562. The average molecular weight is 299 g/mol. The molecule has 2 unspecified atom stereocenters. The van der Waals surface area contributed by atoms with Crippen LogP contribution in [0.5, 0.6) is 0 Å². The van der Waals surface area contributed by atoms with Crippen LogP contribution in [0.1, 0.15) is 13.3 Å². The van der Waals surface area contributed by atoms with Gasteiger partial charge in [0, 0.05) is 33.4 Å². The van der Waals surface area contributed by atoms with Crippen LogP contribution in [0.2, 0.25) is 0 Å². The second kappa shape index (κ2) is 6.07. The molecule has 1 aliphatic rings. The van der Waals surface area contributed by atoms with Crippen molar-refractivity contribution in [1.29, 1.82) is 0 Å². The lowest BCUT2D eigenvalue weighted by atomic mass is 9.97. The van der Waals surface area contributed by atoms with Crippen molar-refractivity contribution in [3.05, 3.63) is 18.3 Å². The normalized spacial score (nSPS) is 24.6. The highest BCUT2D eigenvalue weighted by Gasteiger charge is 2.35. The van der Waals surface area contributed by atoms with E-state index in [1.165, 1.54) is 4.31 Å². The Balaban J connectivity index is 2.31. The van der Waals surface area contributed by atoms with Gasteiger partial charge in [-0.2, -0.15) is 4.31 Å². The first-order valence-electron chi connectivity index (χ1n) is 6.66. The molecule has 1 N–H and O–H groups in total. The van der Waals surface area contributed by atoms with Gasteiger partial charge in [-0.1, -0.05) is 6.92 Å². The molecular weight excluding hydrogens is 278 g/mol. The molecule has 1 aromatic heterocycles. The summed E-state index contributed by atoms with van der Waals surface area (Å²) in [6.45, 7) is 2.99. The van der Waals surface area contributed by atoms with E-state index in [4.69, 9.17) is 4.74 Å². The minimum Gasteiger partial charge on any atom is -0.380 e. The van der Waals surface area contributed by atoms with E-state index in [0.717, 1.165) is 6.42 Å². The third kappa shape index (κ3) is 2.79. The summed E-state index contributed by atoms with van der Waals surface area (Å²) in [5, 5.41) is 2.83. The first kappa shape index (κ1) is 15.2. The number of pyridine rings is 1. The Hall–Kier alpha value is -1.18. The van der Waals surface area contributed by atoms with E-state index < -0.39 is 10.0 Å². The first-order chi connectivity index (χ1) is 9.50. The maximum absolute atomic E-state index is 12.7. The maximum atomic E-state index is 12.7. The van der Waals surface area contributed by atoms with Gasteiger partial charge in [-0.05, 0) is 24.5 Å². The summed E-state index contributed by atoms with van der Waals surface area (Å²) in [4.78, 5) is 4.28. The summed E-state index contributed by atoms with van der Waals surface area (Å²) in [7, 11) is -0.253. The molecule has 1 aliphatic heterocycles. The fraction of sp³-hybridized carbons (Fsp3) is 0.615. The van der Waals surface area contributed by atoms with Crippen molar-refractivity contribution >= 4 is 15.8 Å². The molecule has 0 amide bonds. The lowest BCUT2D eigenvalue weighted by Crippen LogP contribution is -2.46. The van der Waals surface area contributed by atoms with Crippen LogP contribution >= 0.6 is 0 Å². The second-order valence-corrected chi connectivity index (χ2v) is 6.91. The van der Waals surface area contributed by atoms with E-state index >= 15 is 0 Å². The third-order valence-electron chi connectivity index (χ3n) is 3.78. The summed E-state index contributed by atoms with van der Waals surface area (Å²) in [5.41, 5.74) is 0. The molecule has 6 nitrogen and oxygen atoms in total. The zero-order valence-corrected chi connectivity index (χ0v) is 12.9. The Kier molecular flexibility index (Phi) is 4.62. The van der Waals surface area contributed by atoms with Crippen LogP contribution in [-0.4, -0.2) is 51.1 Å². The quantitative estimate of drug-likeness (QED) is 0.903. The molecule has 0 radical (unpaired) electrons. The van der Waals surface area contributed by atoms with Crippen molar-refractivity contribution < 1.29 is 13.2 Å². The van der Waals surface area contributed by atoms with Crippen LogP contribution in [0.15, 0.2) is 23.2 Å². The van der Waals surface area contributed by atoms with Crippen molar-refractivity contribution in [2.24, 2.45) is 5.92 Å². The van der Waals surface area contributed by atoms with Crippen LogP contribution in [0.3, 0.4) is 0 Å². The van der Waals surface area contributed by atoms with Gasteiger partial charge in [0.1, 0.15) is 10.7 Å². The predicted molar refractivity (Wildman–Crippen MR) is 77.1 cm³/mol. The highest BCUT2D eigenvalue weighted by atomic mass is 32.2. The van der Waals surface area contributed by atoms with Gasteiger partial charge in [0.2, 0.25) is 10.0 Å². The average Bonchev–Trinajstić information content (AvgIpc) is 2.47. The van der Waals surface area contributed by atoms with Crippen LogP contribution in [-0.2, 0) is 14.8 Å². The molecule has 0 aliphatic carbocycles. The molecule has 2 heterocycles. The van der Waals surface area contributed by atoms with Gasteiger partial charge in [-0.3, -0.25) is 0 Å². The number of hydrogen-bond donors (Lipinski definition) is 1. The number of methoxy groups -OCH3 is 1. The Morgan fingerprint density at radius 1 is 1.50 bits per heavy atom. The minimum atomic E-state index is -3.54. The monoisotopic (exact) mass is 299 g/mol. The molecule has 1 fully saturated rings. The predicted octanol–water partition coefficient (Wildman–Crippen LogP) is 1.17. The topological polar surface area (TPSA) is 71.5 Å². The molecule has 2 rings (SSSR count). The first-order valence-corrected chi connectivity index (χ1v) is 8.10. The Morgan fingerprint density at radius 3 is 2.90 bits per heavy atom. The van der Waals surface area contributed by atoms with E-state index in [-0.39, 0.29) is 11.0 Å². The van der Waals surface area contributed by atoms with E-state index in [1.807, 2.05) is 0 Å². The van der Waals surface area contributed by atoms with E-state index in [9.17, 15) is 8.42 Å². The summed E-state index contributed by atoms with van der Waals surface area (Å²) < 4.78 is 32.3. The van der Waals surface area contributed by atoms with Crippen LogP contribution in [0.25, 0.3) is 0 Å². The number of rotatable bonds is 4. The van der Waals surface area contributed by atoms with Crippen molar-refractivity contribution in [2.75, 3.05) is 32.6 Å². The van der Waals surface area contributed by atoms with E-state index in [0.29, 0.717) is 24.8 Å². The fourth-order valence-corrected chi connectivity index (χ4v) is 4.07. The molecule has 0 bridgehead atoms. The van der Waals surface area contributed by atoms with Crippen LogP contribution < -0.4 is 5.32 Å². The summed E-state index contributed by atoms with van der Waals surface area (Å²) in [6.07, 6.45) is 2.31. The van der Waals surface area contributed by atoms with E-state index in [1.54, 1.807) is 32.5 Å². The number of nitrogens with one attached hydrogen (secondary N) is 1. The number of anilines is 1. The lowest BCUT2D eigenvalue weighted by Gasteiger charge is -2.35. The van der Waals surface area contributed by atoms with Crippen LogP contribution in [0, 0.1) is 5.92 Å². The van der Waals surface area contributed by atoms with Gasteiger partial charge < -0.3 is 10.1 Å². The molecule has 7 heteroatoms. The molecule has 0 aromatic carbocycles. The number of nitrogens with zero attached hydrogens (tertiary/aromatic N) is 2. The van der Waals surface area contributed by atoms with Gasteiger partial charge in [-0.15, -0.1) is 0 Å². The highest BCUT2D eigenvalue weighted by molar-refractivity contribution is 7.89. The standard InChI is InChI=1S/C13H21N3O3S/c1-10-6-8-16(9-11(10)19-3)20(17,18)12-5-4-7-15-13(12)14-2/h4-5,7,10-11H,6,8-9H2,1-3H3,(H,14,15). The van der Waals surface area contributed by atoms with Crippen LogP contribution in [0.4, 0.5) is 5.82 Å². The van der Waals surface area contributed by atoms with Gasteiger partial charge in [0.25, 0.3) is 0 Å². The molecule has 20 heavy (non-hydrogen) atoms. The number of ether oxygens (including phenoxy) is 1. The highest BCUT2D eigenvalue weighted by Crippen LogP contribution is 2.27. The van der Waals surface area contributed by atoms with Gasteiger partial charge in [0.15, 0.2) is 0 Å². The van der Waals surface area contributed by atoms with Gasteiger partial charge in [-0.25, -0.2) is 13.4 Å². The zero-order valence-electron chi connectivity index (χ0n) is 12.0. The smallest absolute Gasteiger partial charge is 0.246 e. The number of piperidine rings is 1. The van der Waals surface area contributed by atoms with Crippen molar-refractivity contribution in [3.63, 3.8) is 0 Å². The van der Waals surface area contributed by atoms with Crippen molar-refractivity contribution in [1.82, 2.24) is 9.29 Å². The Labute approximate surface area is 120 Å². The SMILES string of the molecule is CNc1ncccc1S(=O)(=O)N1CCC(C)C(OC)C1. The van der Waals surface area contributed by atoms with Crippen molar-refractivity contribution in [2.45, 2.75) is 24.3 Å². The maximum Gasteiger partial charge on any atom is 0.246 e. The largest absolute Gasteiger partial charge is 0.380 e. The molecule has 112 valence electrons. The molecule has 1 aromatic rings.